The second-order valence-corrected chi connectivity index (χ2v) is 7.38. The molecule has 1 N–H and O–H groups in total. The highest BCUT2D eigenvalue weighted by Gasteiger charge is 2.30. The summed E-state index contributed by atoms with van der Waals surface area (Å²) in [5.74, 6) is 0.556. The summed E-state index contributed by atoms with van der Waals surface area (Å²) >= 11 is 6.34. The van der Waals surface area contributed by atoms with Crippen LogP contribution in [-0.2, 0) is 10.9 Å². The van der Waals surface area contributed by atoms with Crippen molar-refractivity contribution >= 4 is 17.4 Å². The molecule has 0 spiro atoms. The van der Waals surface area contributed by atoms with Crippen LogP contribution >= 0.6 is 11.6 Å². The summed E-state index contributed by atoms with van der Waals surface area (Å²) < 4.78 is 44.3. The first kappa shape index (κ1) is 21.5. The van der Waals surface area contributed by atoms with E-state index in [1.165, 1.54) is 18.3 Å². The van der Waals surface area contributed by atoms with E-state index in [2.05, 4.69) is 9.97 Å². The molecule has 0 aliphatic carbocycles. The number of halogens is 4. The fourth-order valence-electron chi connectivity index (χ4n) is 3.35. The molecule has 0 saturated carbocycles. The highest BCUT2D eigenvalue weighted by atomic mass is 35.5. The molecule has 10 heteroatoms. The molecule has 1 aliphatic heterocycles. The van der Waals surface area contributed by atoms with Crippen molar-refractivity contribution in [1.82, 2.24) is 15.0 Å². The number of aromatic nitrogens is 3. The van der Waals surface area contributed by atoms with Gasteiger partial charge in [-0.1, -0.05) is 23.7 Å². The molecular formula is C21H18ClF3N4O2. The minimum atomic E-state index is -4.43. The Balaban J connectivity index is 1.79. The Hall–Kier alpha value is -2.75. The molecule has 3 aromatic rings. The van der Waals surface area contributed by atoms with E-state index in [0.29, 0.717) is 53.1 Å². The lowest BCUT2D eigenvalue weighted by Crippen LogP contribution is -2.44. The number of alkyl halides is 3. The Morgan fingerprint density at radius 1 is 1.13 bits per heavy atom. The number of ether oxygens (including phenoxy) is 1. The third-order valence-corrected chi connectivity index (χ3v) is 5.24. The van der Waals surface area contributed by atoms with Crippen LogP contribution in [-0.4, -0.2) is 52.5 Å². The summed E-state index contributed by atoms with van der Waals surface area (Å²) in [5.41, 5.74) is 1.12. The normalized spacial score (nSPS) is 17.1. The van der Waals surface area contributed by atoms with Crippen LogP contribution in [0.4, 0.5) is 19.0 Å². The molecule has 1 saturated heterocycles. The summed E-state index contributed by atoms with van der Waals surface area (Å²) in [6, 6.07) is 6.43. The van der Waals surface area contributed by atoms with E-state index in [1.807, 2.05) is 4.90 Å². The molecule has 1 atom stereocenters. The fraction of sp³-hybridized carbons (Fsp3) is 0.286. The van der Waals surface area contributed by atoms with Crippen molar-refractivity contribution in [3.05, 3.63) is 59.5 Å². The van der Waals surface area contributed by atoms with E-state index in [4.69, 9.17) is 21.3 Å². The van der Waals surface area contributed by atoms with Crippen LogP contribution in [0.25, 0.3) is 22.5 Å². The monoisotopic (exact) mass is 450 g/mol. The van der Waals surface area contributed by atoms with Crippen LogP contribution in [0.1, 0.15) is 5.56 Å². The van der Waals surface area contributed by atoms with E-state index in [1.54, 1.807) is 18.5 Å². The second-order valence-electron chi connectivity index (χ2n) is 6.98. The third-order valence-electron chi connectivity index (χ3n) is 4.94. The molecule has 0 unspecified atom stereocenters. The van der Waals surface area contributed by atoms with Crippen molar-refractivity contribution in [2.45, 2.75) is 12.3 Å². The van der Waals surface area contributed by atoms with Gasteiger partial charge in [-0.15, -0.1) is 0 Å². The smallest absolute Gasteiger partial charge is 0.394 e. The average molecular weight is 451 g/mol. The molecule has 0 amide bonds. The van der Waals surface area contributed by atoms with Gasteiger partial charge in [0, 0.05) is 36.6 Å². The molecule has 31 heavy (non-hydrogen) atoms. The van der Waals surface area contributed by atoms with Crippen LogP contribution in [0.15, 0.2) is 48.9 Å². The van der Waals surface area contributed by atoms with Gasteiger partial charge in [0.25, 0.3) is 0 Å². The number of rotatable bonds is 4. The minimum absolute atomic E-state index is 0.114. The predicted octanol–water partition coefficient (Wildman–Crippen LogP) is 4.08. The highest BCUT2D eigenvalue weighted by Crippen LogP contribution is 2.36. The van der Waals surface area contributed by atoms with Crippen molar-refractivity contribution in [2.24, 2.45) is 0 Å². The van der Waals surface area contributed by atoms with Gasteiger partial charge in [0.05, 0.1) is 41.8 Å². The molecule has 2 aromatic heterocycles. The lowest BCUT2D eigenvalue weighted by Gasteiger charge is -2.33. The molecule has 6 nitrogen and oxygen atoms in total. The van der Waals surface area contributed by atoms with Crippen LogP contribution in [0.3, 0.4) is 0 Å². The molecule has 4 rings (SSSR count). The maximum absolute atomic E-state index is 13.0. The Kier molecular flexibility index (Phi) is 6.08. The van der Waals surface area contributed by atoms with Crippen LogP contribution in [0.2, 0.25) is 5.02 Å². The number of anilines is 1. The summed E-state index contributed by atoms with van der Waals surface area (Å²) in [6.07, 6.45) is -0.171. The molecule has 3 heterocycles. The molecule has 0 bridgehead atoms. The average Bonchev–Trinajstić information content (AvgIpc) is 2.78. The molecule has 162 valence electrons. The van der Waals surface area contributed by atoms with Crippen LogP contribution < -0.4 is 4.90 Å². The highest BCUT2D eigenvalue weighted by molar-refractivity contribution is 6.33. The zero-order valence-corrected chi connectivity index (χ0v) is 16.9. The van der Waals surface area contributed by atoms with E-state index >= 15 is 0 Å². The quantitative estimate of drug-likeness (QED) is 0.646. The topological polar surface area (TPSA) is 71.4 Å². The van der Waals surface area contributed by atoms with Crippen molar-refractivity contribution in [2.75, 3.05) is 31.2 Å². The summed E-state index contributed by atoms with van der Waals surface area (Å²) in [6.45, 7) is 1.32. The minimum Gasteiger partial charge on any atom is -0.394 e. The Bertz CT molecular complexity index is 1060. The van der Waals surface area contributed by atoms with Gasteiger partial charge in [0.15, 0.2) is 0 Å². The largest absolute Gasteiger partial charge is 0.416 e. The number of hydrogen-bond acceptors (Lipinski definition) is 6. The lowest BCUT2D eigenvalue weighted by atomic mass is 10.0. The maximum atomic E-state index is 13.0. The van der Waals surface area contributed by atoms with Gasteiger partial charge in [-0.25, -0.2) is 4.98 Å². The molecule has 1 fully saturated rings. The van der Waals surface area contributed by atoms with Gasteiger partial charge in [0.1, 0.15) is 11.5 Å². The maximum Gasteiger partial charge on any atom is 0.416 e. The molecule has 0 radical (unpaired) electrons. The first-order chi connectivity index (χ1) is 14.9. The van der Waals surface area contributed by atoms with E-state index < -0.39 is 11.7 Å². The number of morpholine rings is 1. The van der Waals surface area contributed by atoms with Crippen LogP contribution in [0, 0.1) is 0 Å². The van der Waals surface area contributed by atoms with E-state index in [9.17, 15) is 18.3 Å². The van der Waals surface area contributed by atoms with Gasteiger partial charge in [-0.05, 0) is 18.2 Å². The van der Waals surface area contributed by atoms with E-state index in [0.717, 1.165) is 12.1 Å². The Morgan fingerprint density at radius 2 is 1.90 bits per heavy atom. The lowest BCUT2D eigenvalue weighted by molar-refractivity contribution is -0.137. The van der Waals surface area contributed by atoms with Crippen molar-refractivity contribution in [1.29, 1.82) is 0 Å². The van der Waals surface area contributed by atoms with Crippen LogP contribution in [0.5, 0.6) is 0 Å². The number of pyridine rings is 1. The van der Waals surface area contributed by atoms with E-state index in [-0.39, 0.29) is 12.7 Å². The molecular weight excluding hydrogens is 433 g/mol. The Morgan fingerprint density at radius 3 is 2.58 bits per heavy atom. The number of aliphatic hydroxyl groups excluding tert-OH is 1. The first-order valence-electron chi connectivity index (χ1n) is 9.49. The predicted molar refractivity (Wildman–Crippen MR) is 110 cm³/mol. The number of hydrogen-bond donors (Lipinski definition) is 1. The van der Waals surface area contributed by atoms with Crippen molar-refractivity contribution < 1.29 is 23.0 Å². The first-order valence-corrected chi connectivity index (χ1v) is 9.86. The van der Waals surface area contributed by atoms with Crippen molar-refractivity contribution in [3.8, 4) is 22.5 Å². The zero-order chi connectivity index (χ0) is 22.0. The van der Waals surface area contributed by atoms with Gasteiger partial charge < -0.3 is 14.7 Å². The summed E-state index contributed by atoms with van der Waals surface area (Å²) in [5, 5.41) is 9.75. The second kappa shape index (κ2) is 8.78. The number of nitrogens with zero attached hydrogens (tertiary/aromatic N) is 4. The van der Waals surface area contributed by atoms with Gasteiger partial charge in [-0.3, -0.25) is 9.97 Å². The number of benzene rings is 1. The molecule has 1 aromatic carbocycles. The standard InChI is InChI=1S/C21H18ClF3N4O2/c22-17-9-26-6-5-16(17)20-19(13-1-3-14(4-2-13)21(23,24)25)27-10-18(28-20)29-7-8-31-15(11-29)12-30/h1-6,9-10,15,30H,7-8,11-12H2/t15-/m1/s1. The zero-order valence-electron chi connectivity index (χ0n) is 16.2. The molecule has 1 aliphatic rings. The van der Waals surface area contributed by atoms with Gasteiger partial charge in [0.2, 0.25) is 0 Å². The SMILES string of the molecule is OC[C@H]1CN(c2cnc(-c3ccc(C(F)(F)F)cc3)c(-c3ccncc3Cl)n2)CCO1. The van der Waals surface area contributed by atoms with Crippen molar-refractivity contribution in [3.63, 3.8) is 0 Å². The fourth-order valence-corrected chi connectivity index (χ4v) is 3.56. The van der Waals surface area contributed by atoms with Gasteiger partial charge >= 0.3 is 6.18 Å². The number of aliphatic hydroxyl groups is 1. The third kappa shape index (κ3) is 4.63. The summed E-state index contributed by atoms with van der Waals surface area (Å²) in [7, 11) is 0. The summed E-state index contributed by atoms with van der Waals surface area (Å²) in [4.78, 5) is 15.2. The Labute approximate surface area is 181 Å². The van der Waals surface area contributed by atoms with Gasteiger partial charge in [-0.2, -0.15) is 13.2 Å².